The molecule has 1 aliphatic heterocycles. The molecule has 26 heavy (non-hydrogen) atoms. The van der Waals surface area contributed by atoms with Crippen LogP contribution in [-0.2, 0) is 0 Å². The van der Waals surface area contributed by atoms with Crippen molar-refractivity contribution in [2.45, 2.75) is 0 Å². The number of hydrogen-bond donors (Lipinski definition) is 1. The van der Waals surface area contributed by atoms with Crippen molar-refractivity contribution in [1.29, 1.82) is 0 Å². The summed E-state index contributed by atoms with van der Waals surface area (Å²) in [6, 6.07) is 14.5. The number of nitrogens with zero attached hydrogens (tertiary/aromatic N) is 1. The van der Waals surface area contributed by atoms with Gasteiger partial charge in [-0.2, -0.15) is 5.01 Å². The third-order valence-electron chi connectivity index (χ3n) is 4.19. The molecule has 7 heteroatoms. The third kappa shape index (κ3) is 2.44. The molecule has 3 amide bonds. The Kier molecular flexibility index (Phi) is 3.90. The Hall–Kier alpha value is -2.89. The third-order valence-corrected chi connectivity index (χ3v) is 4.85. The summed E-state index contributed by atoms with van der Waals surface area (Å²) < 4.78 is 0. The average molecular weight is 385 g/mol. The number of imide groups is 1. The van der Waals surface area contributed by atoms with Crippen molar-refractivity contribution in [3.63, 3.8) is 0 Å². The number of rotatable bonds is 2. The molecule has 5 nitrogen and oxygen atoms in total. The van der Waals surface area contributed by atoms with E-state index in [9.17, 15) is 14.4 Å². The fourth-order valence-corrected chi connectivity index (χ4v) is 3.41. The molecule has 0 radical (unpaired) electrons. The SMILES string of the molecule is O=C(NN1C(=O)c2cccc3c(Cl)ccc(c23)C1=O)c1ccccc1Cl. The highest BCUT2D eigenvalue weighted by Crippen LogP contribution is 2.33. The predicted octanol–water partition coefficient (Wildman–Crippen LogP) is 4.09. The van der Waals surface area contributed by atoms with Crippen LogP contribution in [0.3, 0.4) is 0 Å². The first-order valence-corrected chi connectivity index (χ1v) is 8.40. The van der Waals surface area contributed by atoms with Crippen LogP contribution in [0.2, 0.25) is 10.0 Å². The summed E-state index contributed by atoms with van der Waals surface area (Å²) in [6.45, 7) is 0. The first-order chi connectivity index (χ1) is 12.5. The normalized spacial score (nSPS) is 13.2. The summed E-state index contributed by atoms with van der Waals surface area (Å²) in [6.07, 6.45) is 0. The number of amides is 3. The molecule has 3 aromatic rings. The number of nitrogens with one attached hydrogen (secondary N) is 1. The van der Waals surface area contributed by atoms with Crippen LogP contribution in [0, 0.1) is 0 Å². The van der Waals surface area contributed by atoms with Gasteiger partial charge in [-0.15, -0.1) is 0 Å². The molecule has 0 unspecified atom stereocenters. The molecule has 1 heterocycles. The van der Waals surface area contributed by atoms with Crippen LogP contribution >= 0.6 is 23.2 Å². The van der Waals surface area contributed by atoms with Crippen LogP contribution < -0.4 is 5.43 Å². The van der Waals surface area contributed by atoms with E-state index in [0.717, 1.165) is 0 Å². The molecular weight excluding hydrogens is 375 g/mol. The first-order valence-electron chi connectivity index (χ1n) is 7.64. The molecule has 0 fully saturated rings. The summed E-state index contributed by atoms with van der Waals surface area (Å²) in [5.41, 5.74) is 3.10. The van der Waals surface area contributed by atoms with E-state index in [2.05, 4.69) is 5.43 Å². The zero-order valence-electron chi connectivity index (χ0n) is 13.1. The molecule has 1 aliphatic rings. The van der Waals surface area contributed by atoms with E-state index in [4.69, 9.17) is 23.2 Å². The number of hydrazine groups is 1. The number of halogens is 2. The number of carbonyl (C=O) groups is 3. The fraction of sp³-hybridized carbons (Fsp3) is 0. The lowest BCUT2D eigenvalue weighted by molar-refractivity contribution is 0.0479. The van der Waals surface area contributed by atoms with Gasteiger partial charge in [0.15, 0.2) is 0 Å². The van der Waals surface area contributed by atoms with Crippen molar-refractivity contribution in [1.82, 2.24) is 10.4 Å². The Morgan fingerprint density at radius 3 is 2.23 bits per heavy atom. The van der Waals surface area contributed by atoms with Gasteiger partial charge in [0.25, 0.3) is 17.7 Å². The fourth-order valence-electron chi connectivity index (χ4n) is 2.97. The minimum absolute atomic E-state index is 0.162. The average Bonchev–Trinajstić information content (AvgIpc) is 2.64. The molecule has 0 aliphatic carbocycles. The van der Waals surface area contributed by atoms with Gasteiger partial charge in [-0.3, -0.25) is 19.8 Å². The Bertz CT molecular complexity index is 1090. The maximum atomic E-state index is 12.8. The molecule has 0 saturated carbocycles. The van der Waals surface area contributed by atoms with E-state index < -0.39 is 17.7 Å². The zero-order valence-corrected chi connectivity index (χ0v) is 14.6. The highest BCUT2D eigenvalue weighted by Gasteiger charge is 2.34. The second-order valence-corrected chi connectivity index (χ2v) is 6.50. The van der Waals surface area contributed by atoms with E-state index in [1.54, 1.807) is 42.5 Å². The van der Waals surface area contributed by atoms with Gasteiger partial charge in [0, 0.05) is 15.8 Å². The van der Waals surface area contributed by atoms with Gasteiger partial charge in [-0.25, -0.2) is 0 Å². The van der Waals surface area contributed by atoms with Gasteiger partial charge in [0.1, 0.15) is 0 Å². The first kappa shape index (κ1) is 16.6. The van der Waals surface area contributed by atoms with Crippen molar-refractivity contribution in [3.8, 4) is 0 Å². The molecule has 0 atom stereocenters. The van der Waals surface area contributed by atoms with Crippen molar-refractivity contribution in [2.75, 3.05) is 0 Å². The second kappa shape index (κ2) is 6.12. The second-order valence-electron chi connectivity index (χ2n) is 5.69. The highest BCUT2D eigenvalue weighted by atomic mass is 35.5. The summed E-state index contributed by atoms with van der Waals surface area (Å²) >= 11 is 12.2. The Balaban J connectivity index is 1.78. The summed E-state index contributed by atoms with van der Waals surface area (Å²) in [5, 5.41) is 2.46. The van der Waals surface area contributed by atoms with E-state index in [1.807, 2.05) is 0 Å². The van der Waals surface area contributed by atoms with Crippen molar-refractivity contribution < 1.29 is 14.4 Å². The van der Waals surface area contributed by atoms with E-state index in [-0.39, 0.29) is 10.6 Å². The van der Waals surface area contributed by atoms with Crippen LogP contribution in [-0.4, -0.2) is 22.7 Å². The molecule has 3 aromatic carbocycles. The maximum absolute atomic E-state index is 12.8. The highest BCUT2D eigenvalue weighted by molar-refractivity contribution is 6.38. The minimum Gasteiger partial charge on any atom is -0.267 e. The monoisotopic (exact) mass is 384 g/mol. The molecule has 1 N–H and O–H groups in total. The zero-order chi connectivity index (χ0) is 18.4. The molecule has 128 valence electrons. The van der Waals surface area contributed by atoms with Crippen LogP contribution in [0.25, 0.3) is 10.8 Å². The van der Waals surface area contributed by atoms with Crippen LogP contribution in [0.5, 0.6) is 0 Å². The van der Waals surface area contributed by atoms with E-state index >= 15 is 0 Å². The van der Waals surface area contributed by atoms with E-state index in [0.29, 0.717) is 31.9 Å². The van der Waals surface area contributed by atoms with E-state index in [1.165, 1.54) is 12.1 Å². The number of hydrogen-bond acceptors (Lipinski definition) is 3. The molecular formula is C19H10Cl2N2O3. The number of benzene rings is 3. The molecule has 0 spiro atoms. The predicted molar refractivity (Wildman–Crippen MR) is 98.4 cm³/mol. The van der Waals surface area contributed by atoms with Gasteiger partial charge < -0.3 is 0 Å². The molecule has 0 saturated heterocycles. The van der Waals surface area contributed by atoms with Gasteiger partial charge in [0.05, 0.1) is 21.7 Å². The van der Waals surface area contributed by atoms with Crippen LogP contribution in [0.4, 0.5) is 0 Å². The topological polar surface area (TPSA) is 66.5 Å². The summed E-state index contributed by atoms with van der Waals surface area (Å²) in [4.78, 5) is 38.1. The van der Waals surface area contributed by atoms with Gasteiger partial charge in [-0.05, 0) is 30.3 Å². The van der Waals surface area contributed by atoms with Gasteiger partial charge in [-0.1, -0.05) is 47.5 Å². The summed E-state index contributed by atoms with van der Waals surface area (Å²) in [5.74, 6) is -1.91. The Morgan fingerprint density at radius 2 is 1.50 bits per heavy atom. The lowest BCUT2D eigenvalue weighted by Gasteiger charge is -2.27. The smallest absolute Gasteiger partial charge is 0.267 e. The largest absolute Gasteiger partial charge is 0.280 e. The standard InChI is InChI=1S/C19H10Cl2N2O3/c20-14-7-2-1-4-11(14)17(24)22-23-18(25)12-6-3-5-10-15(21)9-8-13(16(10)12)19(23)26/h1-9H,(H,22,24). The van der Waals surface area contributed by atoms with Crippen molar-refractivity contribution in [2.24, 2.45) is 0 Å². The molecule has 0 bridgehead atoms. The lowest BCUT2D eigenvalue weighted by atomic mass is 9.95. The van der Waals surface area contributed by atoms with Crippen molar-refractivity contribution >= 4 is 51.7 Å². The maximum Gasteiger partial charge on any atom is 0.280 e. The van der Waals surface area contributed by atoms with Gasteiger partial charge in [0.2, 0.25) is 0 Å². The van der Waals surface area contributed by atoms with Crippen LogP contribution in [0.1, 0.15) is 31.1 Å². The van der Waals surface area contributed by atoms with Gasteiger partial charge >= 0.3 is 0 Å². The van der Waals surface area contributed by atoms with Crippen LogP contribution in [0.15, 0.2) is 54.6 Å². The number of carbonyl (C=O) groups excluding carboxylic acids is 3. The Morgan fingerprint density at radius 1 is 0.808 bits per heavy atom. The summed E-state index contributed by atoms with van der Waals surface area (Å²) in [7, 11) is 0. The molecule has 4 rings (SSSR count). The Labute approximate surface area is 158 Å². The van der Waals surface area contributed by atoms with Crippen molar-refractivity contribution in [3.05, 3.63) is 81.3 Å². The molecule has 0 aromatic heterocycles. The minimum atomic E-state index is -0.651. The quantitative estimate of drug-likeness (QED) is 0.676. The lowest BCUT2D eigenvalue weighted by Crippen LogP contribution is -2.51.